The largest absolute Gasteiger partial charge is 0.497 e. The first-order chi connectivity index (χ1) is 13.9. The van der Waals surface area contributed by atoms with Gasteiger partial charge < -0.3 is 9.64 Å². The minimum Gasteiger partial charge on any atom is -0.497 e. The van der Waals surface area contributed by atoms with Crippen molar-refractivity contribution >= 4 is 5.69 Å². The molecule has 1 saturated heterocycles. The number of unbranched alkanes of at least 4 members (excludes halogenated alkanes) is 1. The molecule has 29 heavy (non-hydrogen) atoms. The number of piperazine rings is 1. The van der Waals surface area contributed by atoms with E-state index >= 15 is 0 Å². The first kappa shape index (κ1) is 24.1. The van der Waals surface area contributed by atoms with E-state index in [1.54, 1.807) is 12.7 Å². The van der Waals surface area contributed by atoms with Crippen LogP contribution in [0.3, 0.4) is 0 Å². The summed E-state index contributed by atoms with van der Waals surface area (Å²) in [5, 5.41) is 0. The van der Waals surface area contributed by atoms with Gasteiger partial charge >= 0.3 is 0 Å². The Balaban J connectivity index is 2.24. The molecule has 0 saturated carbocycles. The number of ether oxygens (including phenoxy) is 1. The second kappa shape index (κ2) is 11.8. The molecule has 3 heteroatoms. The number of hydrogen-bond acceptors (Lipinski definition) is 3. The standard InChI is InChI=1S/C26H46N2O/c1-7-10-15-27-16-18-28(19-17-27)25-20-23(29-6)12-13-24(25)22(11-8-2)21-26(4,5)14-9-3/h12-13,20,22H,7-11,14-19,21H2,1-6H3. The van der Waals surface area contributed by atoms with E-state index in [0.717, 1.165) is 18.8 Å². The fourth-order valence-electron chi connectivity index (χ4n) is 5.03. The van der Waals surface area contributed by atoms with Gasteiger partial charge in [0.1, 0.15) is 5.75 Å². The quantitative estimate of drug-likeness (QED) is 0.386. The van der Waals surface area contributed by atoms with Gasteiger partial charge in [-0.05, 0) is 55.2 Å². The van der Waals surface area contributed by atoms with E-state index in [4.69, 9.17) is 4.74 Å². The SMILES string of the molecule is CCCCN1CCN(c2cc(OC)ccc2C(CCC)CC(C)(C)CCC)CC1. The Labute approximate surface area is 180 Å². The maximum atomic E-state index is 5.62. The molecular formula is C26H46N2O. The van der Waals surface area contributed by atoms with E-state index in [9.17, 15) is 0 Å². The molecule has 1 heterocycles. The van der Waals surface area contributed by atoms with Crippen molar-refractivity contribution in [1.82, 2.24) is 4.90 Å². The summed E-state index contributed by atoms with van der Waals surface area (Å²) in [5.41, 5.74) is 3.36. The summed E-state index contributed by atoms with van der Waals surface area (Å²) in [6, 6.07) is 6.83. The molecule has 2 rings (SSSR count). The van der Waals surface area contributed by atoms with Crippen LogP contribution in [0.15, 0.2) is 18.2 Å². The molecule has 0 amide bonds. The lowest BCUT2D eigenvalue weighted by molar-refractivity contribution is 0.253. The molecule has 1 unspecified atom stereocenters. The van der Waals surface area contributed by atoms with Crippen molar-refractivity contribution in [3.8, 4) is 5.75 Å². The summed E-state index contributed by atoms with van der Waals surface area (Å²) in [6.07, 6.45) is 8.94. The Hall–Kier alpha value is -1.22. The van der Waals surface area contributed by atoms with Crippen LogP contribution in [-0.4, -0.2) is 44.7 Å². The van der Waals surface area contributed by atoms with Gasteiger partial charge in [-0.1, -0.05) is 59.9 Å². The first-order valence-corrected chi connectivity index (χ1v) is 12.1. The van der Waals surface area contributed by atoms with Crippen LogP contribution in [0.5, 0.6) is 5.75 Å². The molecule has 0 aliphatic carbocycles. The Morgan fingerprint density at radius 3 is 2.31 bits per heavy atom. The van der Waals surface area contributed by atoms with Gasteiger partial charge in [0.2, 0.25) is 0 Å². The average molecular weight is 403 g/mol. The number of rotatable bonds is 12. The van der Waals surface area contributed by atoms with Crippen molar-refractivity contribution in [1.29, 1.82) is 0 Å². The third-order valence-electron chi connectivity index (χ3n) is 6.58. The topological polar surface area (TPSA) is 15.7 Å². The molecule has 0 bridgehead atoms. The van der Waals surface area contributed by atoms with Crippen LogP contribution in [0.1, 0.15) is 91.0 Å². The summed E-state index contributed by atoms with van der Waals surface area (Å²) in [6.45, 7) is 17.7. The number of benzene rings is 1. The highest BCUT2D eigenvalue weighted by atomic mass is 16.5. The molecule has 0 N–H and O–H groups in total. The molecule has 1 aliphatic heterocycles. The normalized spacial score (nSPS) is 16.8. The molecule has 0 aromatic heterocycles. The maximum absolute atomic E-state index is 5.62. The minimum absolute atomic E-state index is 0.393. The molecule has 1 aromatic rings. The molecule has 1 atom stereocenters. The highest BCUT2D eigenvalue weighted by Crippen LogP contribution is 2.42. The van der Waals surface area contributed by atoms with Crippen LogP contribution in [0.25, 0.3) is 0 Å². The molecular weight excluding hydrogens is 356 g/mol. The zero-order chi connectivity index (χ0) is 21.3. The minimum atomic E-state index is 0.393. The number of hydrogen-bond donors (Lipinski definition) is 0. The lowest BCUT2D eigenvalue weighted by Gasteiger charge is -2.39. The molecule has 3 nitrogen and oxygen atoms in total. The Morgan fingerprint density at radius 1 is 1.00 bits per heavy atom. The highest BCUT2D eigenvalue weighted by molar-refractivity contribution is 5.59. The van der Waals surface area contributed by atoms with E-state index in [1.807, 2.05) is 0 Å². The van der Waals surface area contributed by atoms with Gasteiger partial charge in [0.25, 0.3) is 0 Å². The van der Waals surface area contributed by atoms with Crippen molar-refractivity contribution in [3.63, 3.8) is 0 Å². The van der Waals surface area contributed by atoms with E-state index in [0.29, 0.717) is 11.3 Å². The second-order valence-electron chi connectivity index (χ2n) is 9.71. The molecule has 1 aliphatic rings. The summed E-state index contributed by atoms with van der Waals surface area (Å²) < 4.78 is 5.62. The van der Waals surface area contributed by atoms with Gasteiger partial charge in [-0.3, -0.25) is 4.90 Å². The van der Waals surface area contributed by atoms with Gasteiger partial charge in [-0.2, -0.15) is 0 Å². The average Bonchev–Trinajstić information content (AvgIpc) is 2.71. The fourth-order valence-corrected chi connectivity index (χ4v) is 5.03. The summed E-state index contributed by atoms with van der Waals surface area (Å²) in [7, 11) is 1.79. The Morgan fingerprint density at radius 2 is 1.72 bits per heavy atom. The van der Waals surface area contributed by atoms with Crippen LogP contribution < -0.4 is 9.64 Å². The maximum Gasteiger partial charge on any atom is 0.120 e. The van der Waals surface area contributed by atoms with Crippen LogP contribution >= 0.6 is 0 Å². The van der Waals surface area contributed by atoms with Crippen molar-refractivity contribution in [2.45, 2.75) is 85.5 Å². The lowest BCUT2D eigenvalue weighted by Crippen LogP contribution is -2.47. The zero-order valence-corrected chi connectivity index (χ0v) is 20.1. The van der Waals surface area contributed by atoms with Crippen LogP contribution in [0.2, 0.25) is 0 Å². The Bertz CT molecular complexity index is 590. The molecule has 1 fully saturated rings. The van der Waals surface area contributed by atoms with Gasteiger partial charge in [0.05, 0.1) is 7.11 Å². The third-order valence-corrected chi connectivity index (χ3v) is 6.58. The van der Waals surface area contributed by atoms with Gasteiger partial charge in [-0.15, -0.1) is 0 Å². The van der Waals surface area contributed by atoms with Crippen LogP contribution in [-0.2, 0) is 0 Å². The van der Waals surface area contributed by atoms with Crippen molar-refractivity contribution in [2.24, 2.45) is 5.41 Å². The van der Waals surface area contributed by atoms with E-state index in [2.05, 4.69) is 62.6 Å². The third kappa shape index (κ3) is 7.20. The monoisotopic (exact) mass is 402 g/mol. The van der Waals surface area contributed by atoms with E-state index in [1.165, 1.54) is 70.3 Å². The predicted octanol–water partition coefficient (Wildman–Crippen LogP) is 6.72. The number of methoxy groups -OCH3 is 1. The molecule has 0 radical (unpaired) electrons. The van der Waals surface area contributed by atoms with E-state index in [-0.39, 0.29) is 0 Å². The zero-order valence-electron chi connectivity index (χ0n) is 20.1. The van der Waals surface area contributed by atoms with Gasteiger partial charge in [0.15, 0.2) is 0 Å². The predicted molar refractivity (Wildman–Crippen MR) is 128 cm³/mol. The van der Waals surface area contributed by atoms with Gasteiger partial charge in [0, 0.05) is 37.9 Å². The summed E-state index contributed by atoms with van der Waals surface area (Å²) in [4.78, 5) is 5.25. The van der Waals surface area contributed by atoms with Crippen molar-refractivity contribution < 1.29 is 4.74 Å². The lowest BCUT2D eigenvalue weighted by atomic mass is 9.75. The highest BCUT2D eigenvalue weighted by Gasteiger charge is 2.27. The Kier molecular flexibility index (Phi) is 9.82. The molecule has 0 spiro atoms. The van der Waals surface area contributed by atoms with Crippen LogP contribution in [0, 0.1) is 5.41 Å². The fraction of sp³-hybridized carbons (Fsp3) is 0.769. The number of nitrogens with zero attached hydrogens (tertiary/aromatic N) is 2. The first-order valence-electron chi connectivity index (χ1n) is 12.1. The number of anilines is 1. The van der Waals surface area contributed by atoms with Crippen molar-refractivity contribution in [3.05, 3.63) is 23.8 Å². The van der Waals surface area contributed by atoms with Crippen LogP contribution in [0.4, 0.5) is 5.69 Å². The van der Waals surface area contributed by atoms with E-state index < -0.39 is 0 Å². The second-order valence-corrected chi connectivity index (χ2v) is 9.71. The van der Waals surface area contributed by atoms with Crippen molar-refractivity contribution in [2.75, 3.05) is 44.7 Å². The smallest absolute Gasteiger partial charge is 0.120 e. The molecule has 1 aromatic carbocycles. The van der Waals surface area contributed by atoms with Gasteiger partial charge in [-0.25, -0.2) is 0 Å². The molecule has 166 valence electrons. The summed E-state index contributed by atoms with van der Waals surface area (Å²) >= 11 is 0. The summed E-state index contributed by atoms with van der Waals surface area (Å²) in [5.74, 6) is 1.61.